The zero-order valence-electron chi connectivity index (χ0n) is 17.6. The van der Waals surface area contributed by atoms with Crippen LogP contribution < -0.4 is 9.47 Å². The van der Waals surface area contributed by atoms with Gasteiger partial charge in [-0.25, -0.2) is 4.79 Å². The minimum atomic E-state index is -0.642. The molecule has 0 aromatic heterocycles. The molecular weight excluding hydrogens is 380 g/mol. The van der Waals surface area contributed by atoms with Gasteiger partial charge in [0.1, 0.15) is 11.6 Å². The van der Waals surface area contributed by atoms with E-state index < -0.39 is 18.1 Å². The average molecular weight is 411 g/mol. The average Bonchev–Trinajstić information content (AvgIpc) is 2.93. The topological polar surface area (TPSA) is 68.3 Å². The number of rotatable bonds is 7. The van der Waals surface area contributed by atoms with Crippen LogP contribution in [-0.4, -0.2) is 52.0 Å². The lowest BCUT2D eigenvalue weighted by Crippen LogP contribution is -2.54. The lowest BCUT2D eigenvalue weighted by molar-refractivity contribution is -0.153. The summed E-state index contributed by atoms with van der Waals surface area (Å²) in [5.74, 6) is 0.574. The second kappa shape index (κ2) is 9.05. The second-order valence-electron chi connectivity index (χ2n) is 7.51. The molecule has 0 radical (unpaired) electrons. The van der Waals surface area contributed by atoms with E-state index in [0.29, 0.717) is 11.5 Å². The monoisotopic (exact) mass is 410 g/mol. The van der Waals surface area contributed by atoms with Crippen molar-refractivity contribution in [2.45, 2.75) is 65.6 Å². The Morgan fingerprint density at radius 2 is 1.96 bits per heavy atom. The van der Waals surface area contributed by atoms with Crippen molar-refractivity contribution in [2.75, 3.05) is 12.9 Å². The van der Waals surface area contributed by atoms with Crippen LogP contribution in [-0.2, 0) is 16.0 Å². The number of hydrogen-bond donors (Lipinski definition) is 0. The lowest BCUT2D eigenvalue weighted by Gasteiger charge is -2.37. The van der Waals surface area contributed by atoms with E-state index in [9.17, 15) is 9.59 Å². The van der Waals surface area contributed by atoms with Gasteiger partial charge < -0.3 is 14.2 Å². The predicted molar refractivity (Wildman–Crippen MR) is 109 cm³/mol. The van der Waals surface area contributed by atoms with Gasteiger partial charge in [-0.3, -0.25) is 4.79 Å². The van der Waals surface area contributed by atoms with Crippen molar-refractivity contribution in [2.24, 2.45) is 0 Å². The summed E-state index contributed by atoms with van der Waals surface area (Å²) in [6, 6.07) is 4.76. The number of nitrogens with zero attached hydrogens (tertiary/aromatic N) is 2. The number of carbonyl (C=O) groups is 2. The summed E-state index contributed by atoms with van der Waals surface area (Å²) in [6.07, 6.45) is 1.90. The summed E-state index contributed by atoms with van der Waals surface area (Å²) in [4.78, 5) is 25.2. The van der Waals surface area contributed by atoms with Crippen LogP contribution in [0.25, 0.3) is 0 Å². The van der Waals surface area contributed by atoms with Crippen molar-refractivity contribution in [3.8, 4) is 11.5 Å². The number of hydrogen-bond acceptors (Lipinski definition) is 7. The fourth-order valence-corrected chi connectivity index (χ4v) is 3.95. The molecule has 1 aromatic carbocycles. The first-order chi connectivity index (χ1) is 13.1. The van der Waals surface area contributed by atoms with Crippen molar-refractivity contribution in [1.29, 1.82) is 0 Å². The van der Waals surface area contributed by atoms with Gasteiger partial charge in [-0.2, -0.15) is 9.42 Å². The van der Waals surface area contributed by atoms with Crippen LogP contribution in [0, 0.1) is 0 Å². The molecule has 1 amide bonds. The van der Waals surface area contributed by atoms with Gasteiger partial charge >= 0.3 is 12.1 Å². The van der Waals surface area contributed by atoms with Crippen molar-refractivity contribution >= 4 is 24.0 Å². The maximum absolute atomic E-state index is 13.0. The number of hydrazine groups is 1. The van der Waals surface area contributed by atoms with Crippen molar-refractivity contribution in [3.63, 3.8) is 0 Å². The highest BCUT2D eigenvalue weighted by molar-refractivity contribution is 7.96. The van der Waals surface area contributed by atoms with E-state index in [1.165, 1.54) is 16.4 Å². The first kappa shape index (κ1) is 22.4. The number of ether oxygens (including phenoxy) is 3. The Hall–Kier alpha value is -1.93. The summed E-state index contributed by atoms with van der Waals surface area (Å²) in [5.41, 5.74) is 0.665. The smallest absolute Gasteiger partial charge is 0.440 e. The Morgan fingerprint density at radius 3 is 2.54 bits per heavy atom. The largest absolute Gasteiger partial charge is 0.483 e. The van der Waals surface area contributed by atoms with Gasteiger partial charge in [-0.15, -0.1) is 0 Å². The normalized spacial score (nSPS) is 15.8. The number of benzene rings is 1. The maximum atomic E-state index is 13.0. The maximum Gasteiger partial charge on any atom is 0.440 e. The number of carbonyl (C=O) groups excluding carboxylic acids is 2. The van der Waals surface area contributed by atoms with Gasteiger partial charge in [-0.05, 0) is 59.6 Å². The standard InChI is InChI=1S/C20H30N2O5S/c1-8-25-18(23)14(4)21(13(2)3)22(28-7)19(24)26-16-11-9-10-15-12-20(5,6)27-17(15)16/h9-11,13-14H,8,12H2,1-7H3/t14-/m1/s1. The third kappa shape index (κ3) is 4.91. The highest BCUT2D eigenvalue weighted by atomic mass is 32.2. The molecule has 1 aliphatic heterocycles. The molecule has 0 N–H and O–H groups in total. The van der Waals surface area contributed by atoms with E-state index in [1.807, 2.05) is 39.8 Å². The van der Waals surface area contributed by atoms with E-state index in [2.05, 4.69) is 0 Å². The zero-order chi connectivity index (χ0) is 21.1. The van der Waals surface area contributed by atoms with Crippen molar-refractivity contribution in [1.82, 2.24) is 9.42 Å². The molecule has 0 saturated carbocycles. The predicted octanol–water partition coefficient (Wildman–Crippen LogP) is 4.06. The molecule has 156 valence electrons. The Balaban J connectivity index is 2.24. The highest BCUT2D eigenvalue weighted by Gasteiger charge is 2.36. The minimum absolute atomic E-state index is 0.129. The molecule has 7 nitrogen and oxygen atoms in total. The number of esters is 1. The van der Waals surface area contributed by atoms with Gasteiger partial charge in [0.05, 0.1) is 6.61 Å². The molecule has 0 saturated heterocycles. The minimum Gasteiger partial charge on any atom is -0.483 e. The van der Waals surface area contributed by atoms with E-state index in [4.69, 9.17) is 14.2 Å². The molecule has 1 aromatic rings. The van der Waals surface area contributed by atoms with E-state index in [0.717, 1.165) is 12.0 Å². The third-order valence-electron chi connectivity index (χ3n) is 4.34. The molecule has 0 spiro atoms. The Morgan fingerprint density at radius 1 is 1.29 bits per heavy atom. The molecule has 1 atom stereocenters. The van der Waals surface area contributed by atoms with Crippen LogP contribution in [0.1, 0.15) is 47.1 Å². The molecule has 28 heavy (non-hydrogen) atoms. The lowest BCUT2D eigenvalue weighted by atomic mass is 10.0. The van der Waals surface area contributed by atoms with Crippen LogP contribution in [0.2, 0.25) is 0 Å². The molecule has 0 aliphatic carbocycles. The Kier molecular flexibility index (Phi) is 7.22. The van der Waals surface area contributed by atoms with Crippen LogP contribution in [0.4, 0.5) is 4.79 Å². The first-order valence-electron chi connectivity index (χ1n) is 9.43. The molecule has 0 fully saturated rings. The summed E-state index contributed by atoms with van der Waals surface area (Å²) in [5, 5.41) is 1.65. The van der Waals surface area contributed by atoms with Crippen molar-refractivity contribution < 1.29 is 23.8 Å². The molecule has 0 bridgehead atoms. The van der Waals surface area contributed by atoms with Gasteiger partial charge in [-0.1, -0.05) is 12.1 Å². The van der Waals surface area contributed by atoms with Crippen LogP contribution in [0.5, 0.6) is 11.5 Å². The molecular formula is C20H30N2O5S. The van der Waals surface area contributed by atoms with Crippen LogP contribution in [0.15, 0.2) is 18.2 Å². The summed E-state index contributed by atoms with van der Waals surface area (Å²) in [6.45, 7) is 11.5. The number of amides is 1. The molecule has 8 heteroatoms. The van der Waals surface area contributed by atoms with Crippen molar-refractivity contribution in [3.05, 3.63) is 23.8 Å². The molecule has 0 unspecified atom stereocenters. The first-order valence-corrected chi connectivity index (χ1v) is 10.6. The zero-order valence-corrected chi connectivity index (χ0v) is 18.5. The van der Waals surface area contributed by atoms with Gasteiger partial charge in [0.2, 0.25) is 0 Å². The number of fused-ring (bicyclic) bond motifs is 1. The van der Waals surface area contributed by atoms with Gasteiger partial charge in [0.25, 0.3) is 0 Å². The van der Waals surface area contributed by atoms with Gasteiger partial charge in [0, 0.05) is 24.3 Å². The second-order valence-corrected chi connectivity index (χ2v) is 8.22. The molecule has 2 rings (SSSR count). The summed E-state index contributed by atoms with van der Waals surface area (Å²) < 4.78 is 18.1. The van der Waals surface area contributed by atoms with E-state index in [-0.39, 0.29) is 18.2 Å². The fraction of sp³-hybridized carbons (Fsp3) is 0.600. The van der Waals surface area contributed by atoms with Gasteiger partial charge in [0.15, 0.2) is 11.5 Å². The summed E-state index contributed by atoms with van der Waals surface area (Å²) in [7, 11) is 0. The van der Waals surface area contributed by atoms with Crippen LogP contribution in [0.3, 0.4) is 0 Å². The fourth-order valence-electron chi connectivity index (χ4n) is 3.25. The molecule has 1 heterocycles. The highest BCUT2D eigenvalue weighted by Crippen LogP contribution is 2.42. The third-order valence-corrected chi connectivity index (χ3v) is 5.03. The number of para-hydroxylation sites is 1. The Bertz CT molecular complexity index is 723. The summed E-state index contributed by atoms with van der Waals surface area (Å²) >= 11 is 1.17. The quantitative estimate of drug-likeness (QED) is 0.381. The Labute approximate surface area is 171 Å². The van der Waals surface area contributed by atoms with E-state index in [1.54, 1.807) is 31.2 Å². The van der Waals surface area contributed by atoms with Crippen LogP contribution >= 0.6 is 11.9 Å². The molecule has 1 aliphatic rings. The van der Waals surface area contributed by atoms with E-state index >= 15 is 0 Å². The SMILES string of the molecule is CCOC(=O)[C@@H](C)N(C(C)C)N(SC)C(=O)Oc1cccc2c1OC(C)(C)C2.